The highest BCUT2D eigenvalue weighted by Gasteiger charge is 2.04. The lowest BCUT2D eigenvalue weighted by molar-refractivity contribution is 0.586. The van der Waals surface area contributed by atoms with Crippen molar-refractivity contribution in [3.63, 3.8) is 0 Å². The van der Waals surface area contributed by atoms with Crippen LogP contribution in [0.3, 0.4) is 0 Å². The summed E-state index contributed by atoms with van der Waals surface area (Å²) in [5.74, 6) is 0.805. The van der Waals surface area contributed by atoms with Crippen molar-refractivity contribution in [3.05, 3.63) is 18.2 Å². The average molecular weight is 151 g/mol. The Bertz CT molecular complexity index is 228. The molecule has 0 saturated carbocycles. The molecule has 1 rings (SSSR count). The predicted octanol–water partition coefficient (Wildman–Crippen LogP) is 1.63. The number of aromatic amines is 1. The molecule has 0 aliphatic rings. The van der Waals surface area contributed by atoms with Gasteiger partial charge in [-0.25, -0.2) is 4.98 Å². The van der Waals surface area contributed by atoms with Gasteiger partial charge in [-0.1, -0.05) is 0 Å². The molecule has 0 spiro atoms. The molecule has 0 unspecified atom stereocenters. The maximum absolute atomic E-state index is 4.28. The first kappa shape index (κ1) is 7.98. The Hall–Kier alpha value is -1.12. The second-order valence-corrected chi connectivity index (χ2v) is 3.40. The first-order chi connectivity index (χ1) is 5.08. The highest BCUT2D eigenvalue weighted by Crippen LogP contribution is 2.04. The minimum atomic E-state index is -0.0210. The van der Waals surface area contributed by atoms with E-state index in [4.69, 9.17) is 0 Å². The van der Waals surface area contributed by atoms with E-state index < -0.39 is 0 Å². The number of imidazole rings is 1. The molecule has 1 heterocycles. The third kappa shape index (κ3) is 2.98. The summed E-state index contributed by atoms with van der Waals surface area (Å²) in [6.45, 7) is 6.14. The van der Waals surface area contributed by atoms with Crippen LogP contribution in [0.2, 0.25) is 0 Å². The van der Waals surface area contributed by atoms with Gasteiger partial charge in [0.2, 0.25) is 0 Å². The zero-order valence-corrected chi connectivity index (χ0v) is 7.13. The van der Waals surface area contributed by atoms with Gasteiger partial charge < -0.3 is 4.98 Å². The predicted molar refractivity (Wildman–Crippen MR) is 45.9 cm³/mol. The third-order valence-electron chi connectivity index (χ3n) is 1.09. The van der Waals surface area contributed by atoms with Crippen LogP contribution in [0.25, 0.3) is 0 Å². The SMILES string of the molecule is CC(C)(C)/N=C/c1ncc[nH]1. The lowest BCUT2D eigenvalue weighted by Crippen LogP contribution is -2.09. The van der Waals surface area contributed by atoms with Gasteiger partial charge in [0.25, 0.3) is 0 Å². The van der Waals surface area contributed by atoms with Crippen molar-refractivity contribution in [2.75, 3.05) is 0 Å². The molecule has 0 atom stereocenters. The van der Waals surface area contributed by atoms with Crippen molar-refractivity contribution in [2.24, 2.45) is 4.99 Å². The van der Waals surface area contributed by atoms with Gasteiger partial charge in [-0.2, -0.15) is 0 Å². The summed E-state index contributed by atoms with van der Waals surface area (Å²) in [4.78, 5) is 11.2. The number of nitrogens with zero attached hydrogens (tertiary/aromatic N) is 2. The van der Waals surface area contributed by atoms with Crippen molar-refractivity contribution in [2.45, 2.75) is 26.3 Å². The highest BCUT2D eigenvalue weighted by atomic mass is 14.9. The molecule has 0 aliphatic heterocycles. The summed E-state index contributed by atoms with van der Waals surface area (Å²) in [7, 11) is 0. The molecule has 11 heavy (non-hydrogen) atoms. The van der Waals surface area contributed by atoms with Crippen molar-refractivity contribution in [1.29, 1.82) is 0 Å². The minimum Gasteiger partial charge on any atom is -0.344 e. The molecular formula is C8H13N3. The van der Waals surface area contributed by atoms with Crippen LogP contribution in [-0.2, 0) is 0 Å². The number of hydrogen-bond acceptors (Lipinski definition) is 2. The van der Waals surface area contributed by atoms with Crippen molar-refractivity contribution in [1.82, 2.24) is 9.97 Å². The normalized spacial score (nSPS) is 12.6. The van der Waals surface area contributed by atoms with E-state index in [9.17, 15) is 0 Å². The molecule has 1 aromatic heterocycles. The van der Waals surface area contributed by atoms with Gasteiger partial charge in [0.05, 0.1) is 11.8 Å². The summed E-state index contributed by atoms with van der Waals surface area (Å²) in [6.07, 6.45) is 5.24. The third-order valence-corrected chi connectivity index (χ3v) is 1.09. The second kappa shape index (κ2) is 2.86. The number of aromatic nitrogens is 2. The van der Waals surface area contributed by atoms with Gasteiger partial charge in [-0.3, -0.25) is 4.99 Å². The molecule has 60 valence electrons. The Morgan fingerprint density at radius 2 is 2.27 bits per heavy atom. The van der Waals surface area contributed by atoms with Crippen molar-refractivity contribution >= 4 is 6.21 Å². The Kier molecular flexibility index (Phi) is 2.08. The summed E-state index contributed by atoms with van der Waals surface area (Å²) in [5.41, 5.74) is -0.0210. The van der Waals surface area contributed by atoms with Crippen LogP contribution >= 0.6 is 0 Å². The van der Waals surface area contributed by atoms with Crippen molar-refractivity contribution in [3.8, 4) is 0 Å². The fraction of sp³-hybridized carbons (Fsp3) is 0.500. The monoisotopic (exact) mass is 151 g/mol. The van der Waals surface area contributed by atoms with Crippen LogP contribution in [0, 0.1) is 0 Å². The van der Waals surface area contributed by atoms with Crippen LogP contribution in [-0.4, -0.2) is 21.7 Å². The molecule has 0 fully saturated rings. The summed E-state index contributed by atoms with van der Waals surface area (Å²) >= 11 is 0. The highest BCUT2D eigenvalue weighted by molar-refractivity contribution is 5.74. The Balaban J connectivity index is 2.63. The number of aliphatic imine (C=N–C) groups is 1. The first-order valence-electron chi connectivity index (χ1n) is 3.62. The Morgan fingerprint density at radius 3 is 2.73 bits per heavy atom. The van der Waals surface area contributed by atoms with Crippen LogP contribution in [0.5, 0.6) is 0 Å². The van der Waals surface area contributed by atoms with Gasteiger partial charge in [-0.05, 0) is 20.8 Å². The van der Waals surface area contributed by atoms with E-state index in [0.717, 1.165) is 5.82 Å². The fourth-order valence-electron chi connectivity index (χ4n) is 0.603. The molecule has 1 aromatic rings. The van der Waals surface area contributed by atoms with Gasteiger partial charge in [0, 0.05) is 12.4 Å². The molecule has 0 radical (unpaired) electrons. The van der Waals surface area contributed by atoms with Gasteiger partial charge in [0.15, 0.2) is 0 Å². The number of nitrogens with one attached hydrogen (secondary N) is 1. The number of H-pyrrole nitrogens is 1. The van der Waals surface area contributed by atoms with E-state index in [0.29, 0.717) is 0 Å². The molecular weight excluding hydrogens is 138 g/mol. The van der Waals surface area contributed by atoms with E-state index in [2.05, 4.69) is 15.0 Å². The molecule has 0 aliphatic carbocycles. The topological polar surface area (TPSA) is 41.0 Å². The first-order valence-corrected chi connectivity index (χ1v) is 3.62. The lowest BCUT2D eigenvalue weighted by Gasteiger charge is -2.09. The standard InChI is InChI=1S/C8H13N3/c1-8(2,3)11-6-7-9-4-5-10-7/h4-6H,1-3H3,(H,9,10)/b11-6+. The van der Waals surface area contributed by atoms with Crippen LogP contribution in [0.4, 0.5) is 0 Å². The summed E-state index contributed by atoms with van der Waals surface area (Å²) in [6, 6.07) is 0. The molecule has 3 heteroatoms. The molecule has 0 aromatic carbocycles. The van der Waals surface area contributed by atoms with Gasteiger partial charge >= 0.3 is 0 Å². The van der Waals surface area contributed by atoms with E-state index in [1.807, 2.05) is 20.8 Å². The van der Waals surface area contributed by atoms with E-state index in [-0.39, 0.29) is 5.54 Å². The van der Waals surface area contributed by atoms with Crippen LogP contribution in [0.15, 0.2) is 17.4 Å². The molecule has 0 bridgehead atoms. The van der Waals surface area contributed by atoms with Crippen molar-refractivity contribution < 1.29 is 0 Å². The molecule has 0 saturated heterocycles. The molecule has 3 nitrogen and oxygen atoms in total. The quantitative estimate of drug-likeness (QED) is 0.609. The smallest absolute Gasteiger partial charge is 0.148 e. The Labute approximate surface area is 66.6 Å². The average Bonchev–Trinajstić information content (AvgIpc) is 2.32. The number of hydrogen-bond donors (Lipinski definition) is 1. The summed E-state index contributed by atoms with van der Waals surface area (Å²) < 4.78 is 0. The lowest BCUT2D eigenvalue weighted by atomic mass is 10.1. The fourth-order valence-corrected chi connectivity index (χ4v) is 0.603. The zero-order valence-electron chi connectivity index (χ0n) is 7.13. The maximum Gasteiger partial charge on any atom is 0.148 e. The van der Waals surface area contributed by atoms with E-state index in [1.165, 1.54) is 0 Å². The van der Waals surface area contributed by atoms with E-state index in [1.54, 1.807) is 18.6 Å². The summed E-state index contributed by atoms with van der Waals surface area (Å²) in [5, 5.41) is 0. The second-order valence-electron chi connectivity index (χ2n) is 3.40. The maximum atomic E-state index is 4.28. The van der Waals surface area contributed by atoms with Gasteiger partial charge in [0.1, 0.15) is 5.82 Å². The number of rotatable bonds is 1. The van der Waals surface area contributed by atoms with Crippen LogP contribution < -0.4 is 0 Å². The molecule has 0 amide bonds. The van der Waals surface area contributed by atoms with Crippen LogP contribution in [0.1, 0.15) is 26.6 Å². The molecule has 1 N–H and O–H groups in total. The minimum absolute atomic E-state index is 0.0210. The van der Waals surface area contributed by atoms with Gasteiger partial charge in [-0.15, -0.1) is 0 Å². The Morgan fingerprint density at radius 1 is 1.55 bits per heavy atom. The zero-order chi connectivity index (χ0) is 8.32. The largest absolute Gasteiger partial charge is 0.344 e. The van der Waals surface area contributed by atoms with E-state index >= 15 is 0 Å².